The maximum Gasteiger partial charge on any atom is 0.119 e. The molecular formula is C39H32O2S2. The van der Waals surface area contributed by atoms with Crippen LogP contribution in [0.25, 0.3) is 21.9 Å². The van der Waals surface area contributed by atoms with Gasteiger partial charge in [0, 0.05) is 33.8 Å². The number of thioether (sulfide) groups is 2. The topological polar surface area (TPSA) is 18.5 Å². The maximum absolute atomic E-state index is 6.13. The van der Waals surface area contributed by atoms with Gasteiger partial charge in [-0.1, -0.05) is 91.0 Å². The molecule has 0 saturated carbocycles. The molecule has 4 heteroatoms. The molecule has 4 aromatic carbocycles. The van der Waals surface area contributed by atoms with Gasteiger partial charge in [0.15, 0.2) is 0 Å². The van der Waals surface area contributed by atoms with E-state index < -0.39 is 5.41 Å². The van der Waals surface area contributed by atoms with Gasteiger partial charge in [-0.3, -0.25) is 0 Å². The summed E-state index contributed by atoms with van der Waals surface area (Å²) in [5.41, 5.74) is 7.59. The number of fused-ring (bicyclic) bond motifs is 5. The summed E-state index contributed by atoms with van der Waals surface area (Å²) in [5.74, 6) is 5.01. The molecule has 0 bridgehead atoms. The van der Waals surface area contributed by atoms with Gasteiger partial charge in [-0.15, -0.1) is 0 Å². The van der Waals surface area contributed by atoms with Gasteiger partial charge in [0.2, 0.25) is 0 Å². The predicted octanol–water partition coefficient (Wildman–Crippen LogP) is 8.96. The van der Waals surface area contributed by atoms with Crippen LogP contribution in [0.4, 0.5) is 0 Å². The first-order chi connectivity index (χ1) is 21.3. The number of ether oxygens (including phenoxy) is 2. The van der Waals surface area contributed by atoms with Crippen LogP contribution in [-0.2, 0) is 10.2 Å². The molecule has 2 saturated heterocycles. The fraction of sp³-hybridized carbons (Fsp3) is 0.231. The number of rotatable bonds is 8. The van der Waals surface area contributed by atoms with Crippen LogP contribution in [0.5, 0.6) is 5.75 Å². The average Bonchev–Trinajstić information content (AvgIpc) is 4.00. The molecule has 2 fully saturated rings. The quantitative estimate of drug-likeness (QED) is 0.189. The van der Waals surface area contributed by atoms with Gasteiger partial charge in [0.25, 0.3) is 0 Å². The Hall–Kier alpha value is -3.60. The Morgan fingerprint density at radius 2 is 1.28 bits per heavy atom. The van der Waals surface area contributed by atoms with Crippen molar-refractivity contribution >= 4 is 34.3 Å². The molecule has 3 aliphatic carbocycles. The van der Waals surface area contributed by atoms with Crippen molar-refractivity contribution in [3.8, 4) is 16.9 Å². The van der Waals surface area contributed by atoms with Crippen LogP contribution in [0.2, 0.25) is 0 Å². The van der Waals surface area contributed by atoms with E-state index >= 15 is 0 Å². The smallest absolute Gasteiger partial charge is 0.119 e. The monoisotopic (exact) mass is 596 g/mol. The summed E-state index contributed by atoms with van der Waals surface area (Å²) >= 11 is 3.95. The van der Waals surface area contributed by atoms with E-state index in [-0.39, 0.29) is 0 Å². The summed E-state index contributed by atoms with van der Waals surface area (Å²) < 4.78 is 12.2. The Morgan fingerprint density at radius 3 is 2.02 bits per heavy atom. The van der Waals surface area contributed by atoms with Gasteiger partial charge in [-0.05, 0) is 74.5 Å². The largest absolute Gasteiger partial charge is 0.493 e. The molecule has 4 aromatic rings. The van der Waals surface area contributed by atoms with E-state index in [4.69, 9.17) is 9.47 Å². The van der Waals surface area contributed by atoms with Crippen molar-refractivity contribution in [3.63, 3.8) is 0 Å². The van der Waals surface area contributed by atoms with Crippen molar-refractivity contribution in [2.75, 3.05) is 24.7 Å². The van der Waals surface area contributed by atoms with E-state index in [1.54, 1.807) is 0 Å². The summed E-state index contributed by atoms with van der Waals surface area (Å²) in [6, 6.07) is 31.6. The molecule has 2 aliphatic heterocycles. The van der Waals surface area contributed by atoms with Crippen molar-refractivity contribution in [3.05, 3.63) is 149 Å². The molecule has 9 rings (SSSR count). The van der Waals surface area contributed by atoms with E-state index in [1.807, 2.05) is 23.5 Å². The normalized spacial score (nSPS) is 25.3. The highest BCUT2D eigenvalue weighted by Crippen LogP contribution is 2.58. The van der Waals surface area contributed by atoms with Crippen LogP contribution in [0.15, 0.2) is 133 Å². The fourth-order valence-corrected chi connectivity index (χ4v) is 7.94. The minimum absolute atomic E-state index is 0.296. The van der Waals surface area contributed by atoms with Crippen LogP contribution >= 0.6 is 23.5 Å². The Morgan fingerprint density at radius 1 is 0.651 bits per heavy atom. The zero-order valence-corrected chi connectivity index (χ0v) is 25.5. The van der Waals surface area contributed by atoms with Crippen LogP contribution in [0.3, 0.4) is 0 Å². The number of hydrogen-bond acceptors (Lipinski definition) is 4. The van der Waals surface area contributed by atoms with Gasteiger partial charge in [-0.2, -0.15) is 23.5 Å². The number of hydrogen-bond donors (Lipinski definition) is 0. The van der Waals surface area contributed by atoms with Gasteiger partial charge < -0.3 is 9.47 Å². The SMILES string of the molecule is C1=CC2C=C(C3(c4ccc5cc(OCC6CS6)ccc5c4)c4ccccc4-c4ccccc43)C=CC2C=C1OCC1CS1. The lowest BCUT2D eigenvalue weighted by Gasteiger charge is -2.38. The molecule has 0 N–H and O–H groups in total. The highest BCUT2D eigenvalue weighted by Gasteiger charge is 2.47. The molecule has 5 aliphatic rings. The molecule has 2 nitrogen and oxygen atoms in total. The molecule has 0 amide bonds. The van der Waals surface area contributed by atoms with Crippen molar-refractivity contribution in [1.29, 1.82) is 0 Å². The fourth-order valence-electron chi connectivity index (χ4n) is 7.14. The van der Waals surface area contributed by atoms with Gasteiger partial charge in [0.1, 0.15) is 24.7 Å². The Balaban J connectivity index is 1.16. The first-order valence-electron chi connectivity index (χ1n) is 15.3. The molecule has 0 aromatic heterocycles. The van der Waals surface area contributed by atoms with Crippen molar-refractivity contribution in [2.45, 2.75) is 15.9 Å². The summed E-state index contributed by atoms with van der Waals surface area (Å²) in [6.45, 7) is 1.61. The lowest BCUT2D eigenvalue weighted by Crippen LogP contribution is -2.31. The van der Waals surface area contributed by atoms with E-state index in [2.05, 4.69) is 121 Å². The third-order valence-corrected chi connectivity index (χ3v) is 11.3. The Labute approximate surface area is 261 Å². The van der Waals surface area contributed by atoms with E-state index in [9.17, 15) is 0 Å². The van der Waals surface area contributed by atoms with Gasteiger partial charge in [-0.25, -0.2) is 0 Å². The standard InChI is InChI=1S/C39H32O2S2/c1-3-7-37-35(5-1)36-6-2-4-8-38(36)39(37,29-13-9-27-19-31(15-11-25(27)17-29)40-21-33-23-42-33)30-14-10-28-20-32(16-12-26(28)18-30)41-22-34-24-43-34/h1-20,25,27,33-34H,21-24H2. The minimum atomic E-state index is -0.404. The summed E-state index contributed by atoms with van der Waals surface area (Å²) in [4.78, 5) is 0. The maximum atomic E-state index is 6.13. The van der Waals surface area contributed by atoms with E-state index in [1.165, 1.54) is 55.7 Å². The lowest BCUT2D eigenvalue weighted by atomic mass is 9.64. The third-order valence-electron chi connectivity index (χ3n) is 9.46. The molecule has 0 spiro atoms. The second kappa shape index (κ2) is 10.2. The molecule has 43 heavy (non-hydrogen) atoms. The zero-order valence-electron chi connectivity index (χ0n) is 23.8. The minimum Gasteiger partial charge on any atom is -0.493 e. The lowest BCUT2D eigenvalue weighted by molar-refractivity contribution is 0.229. The van der Waals surface area contributed by atoms with Crippen molar-refractivity contribution < 1.29 is 9.47 Å². The summed E-state index contributed by atoms with van der Waals surface area (Å²) in [6.07, 6.45) is 14.1. The summed E-state index contributed by atoms with van der Waals surface area (Å²) in [7, 11) is 0. The second-order valence-electron chi connectivity index (χ2n) is 12.2. The zero-order chi connectivity index (χ0) is 28.4. The average molecular weight is 597 g/mol. The Kier molecular flexibility index (Phi) is 6.16. The van der Waals surface area contributed by atoms with Crippen molar-refractivity contribution in [1.82, 2.24) is 0 Å². The third kappa shape index (κ3) is 4.49. The van der Waals surface area contributed by atoms with Crippen molar-refractivity contribution in [2.24, 2.45) is 11.8 Å². The van der Waals surface area contributed by atoms with Crippen LogP contribution in [0.1, 0.15) is 16.7 Å². The van der Waals surface area contributed by atoms with Crippen LogP contribution < -0.4 is 4.74 Å². The first-order valence-corrected chi connectivity index (χ1v) is 17.4. The molecule has 2 heterocycles. The van der Waals surface area contributed by atoms with E-state index in [0.717, 1.165) is 24.7 Å². The van der Waals surface area contributed by atoms with E-state index in [0.29, 0.717) is 22.3 Å². The molecule has 4 unspecified atom stereocenters. The highest BCUT2D eigenvalue weighted by atomic mass is 32.2. The van der Waals surface area contributed by atoms with Crippen LogP contribution in [0, 0.1) is 11.8 Å². The van der Waals surface area contributed by atoms with Gasteiger partial charge in [0.05, 0.1) is 5.41 Å². The highest BCUT2D eigenvalue weighted by molar-refractivity contribution is 8.07. The van der Waals surface area contributed by atoms with Crippen LogP contribution in [-0.4, -0.2) is 35.2 Å². The molecule has 0 radical (unpaired) electrons. The molecule has 212 valence electrons. The molecular weight excluding hydrogens is 565 g/mol. The van der Waals surface area contributed by atoms with Gasteiger partial charge >= 0.3 is 0 Å². The molecule has 4 atom stereocenters. The second-order valence-corrected chi connectivity index (χ2v) is 14.8. The number of benzene rings is 4. The number of allylic oxidation sites excluding steroid dienone is 7. The first kappa shape index (κ1) is 25.9. The predicted molar refractivity (Wildman–Crippen MR) is 181 cm³/mol. The Bertz CT molecular complexity index is 1830. The summed E-state index contributed by atoms with van der Waals surface area (Å²) in [5, 5.41) is 3.78.